The topological polar surface area (TPSA) is 95.3 Å². The minimum atomic E-state index is -0.696. The smallest absolute Gasteiger partial charge is 0.253 e. The van der Waals surface area contributed by atoms with Crippen LogP contribution in [0.1, 0.15) is 22.0 Å². The quantitative estimate of drug-likeness (QED) is 0.651. The van der Waals surface area contributed by atoms with E-state index >= 15 is 0 Å². The standard InChI is InChI=1S/C20H20BrN5O2/c21-16-4-1-13(2-5-16)18(22)20(28)26-9-7-25(8-10-26)19(27)14-3-6-17-15(11-14)12-23-24-17/h1-6,11-12,18H,7-10,22H2,(H,23,24). The fourth-order valence-corrected chi connectivity index (χ4v) is 3.66. The molecule has 0 aliphatic carbocycles. The number of benzene rings is 2. The summed E-state index contributed by atoms with van der Waals surface area (Å²) >= 11 is 3.38. The lowest BCUT2D eigenvalue weighted by atomic mass is 10.1. The second-order valence-electron chi connectivity index (χ2n) is 6.82. The number of amides is 2. The van der Waals surface area contributed by atoms with E-state index in [2.05, 4.69) is 26.1 Å². The van der Waals surface area contributed by atoms with E-state index in [1.165, 1.54) is 0 Å². The van der Waals surface area contributed by atoms with Crippen molar-refractivity contribution in [2.45, 2.75) is 6.04 Å². The van der Waals surface area contributed by atoms with Gasteiger partial charge in [0.25, 0.3) is 5.91 Å². The second-order valence-corrected chi connectivity index (χ2v) is 7.73. The predicted octanol–water partition coefficient (Wildman–Crippen LogP) is 2.31. The summed E-state index contributed by atoms with van der Waals surface area (Å²) < 4.78 is 0.941. The first kappa shape index (κ1) is 18.6. The van der Waals surface area contributed by atoms with Crippen molar-refractivity contribution in [1.29, 1.82) is 0 Å². The maximum absolute atomic E-state index is 12.8. The van der Waals surface area contributed by atoms with Gasteiger partial charge < -0.3 is 15.5 Å². The molecule has 8 heteroatoms. The Balaban J connectivity index is 1.38. The van der Waals surface area contributed by atoms with Gasteiger partial charge in [0.15, 0.2) is 0 Å². The summed E-state index contributed by atoms with van der Waals surface area (Å²) in [7, 11) is 0. The zero-order chi connectivity index (χ0) is 19.7. The maximum atomic E-state index is 12.8. The van der Waals surface area contributed by atoms with Gasteiger partial charge in [-0.2, -0.15) is 5.10 Å². The normalized spacial score (nSPS) is 15.6. The van der Waals surface area contributed by atoms with E-state index in [1.807, 2.05) is 36.4 Å². The number of aromatic nitrogens is 2. The number of nitrogens with one attached hydrogen (secondary N) is 1. The Bertz CT molecular complexity index is 1010. The number of halogens is 1. The van der Waals surface area contributed by atoms with E-state index in [0.29, 0.717) is 31.7 Å². The van der Waals surface area contributed by atoms with Gasteiger partial charge in [0.2, 0.25) is 5.91 Å². The number of nitrogens with zero attached hydrogens (tertiary/aromatic N) is 3. The van der Waals surface area contributed by atoms with Crippen LogP contribution in [0.2, 0.25) is 0 Å². The molecule has 144 valence electrons. The first-order valence-corrected chi connectivity index (χ1v) is 9.84. The van der Waals surface area contributed by atoms with Crippen molar-refractivity contribution in [3.05, 3.63) is 64.3 Å². The zero-order valence-corrected chi connectivity index (χ0v) is 16.7. The predicted molar refractivity (Wildman–Crippen MR) is 110 cm³/mol. The number of carbonyl (C=O) groups is 2. The highest BCUT2D eigenvalue weighted by Gasteiger charge is 2.28. The molecule has 0 bridgehead atoms. The highest BCUT2D eigenvalue weighted by molar-refractivity contribution is 9.10. The van der Waals surface area contributed by atoms with E-state index in [1.54, 1.807) is 22.1 Å². The maximum Gasteiger partial charge on any atom is 0.253 e. The SMILES string of the molecule is NC(C(=O)N1CCN(C(=O)c2ccc3[nH]ncc3c2)CC1)c1ccc(Br)cc1. The van der Waals surface area contributed by atoms with Crippen molar-refractivity contribution in [1.82, 2.24) is 20.0 Å². The van der Waals surface area contributed by atoms with Crippen molar-refractivity contribution < 1.29 is 9.59 Å². The molecule has 1 aliphatic rings. The third kappa shape index (κ3) is 3.65. The monoisotopic (exact) mass is 441 g/mol. The lowest BCUT2D eigenvalue weighted by molar-refractivity contribution is -0.134. The molecule has 2 amide bonds. The number of fused-ring (bicyclic) bond motifs is 1. The summed E-state index contributed by atoms with van der Waals surface area (Å²) in [5.41, 5.74) is 8.45. The lowest BCUT2D eigenvalue weighted by Gasteiger charge is -2.36. The van der Waals surface area contributed by atoms with Crippen LogP contribution in [-0.2, 0) is 4.79 Å². The number of rotatable bonds is 3. The van der Waals surface area contributed by atoms with Gasteiger partial charge in [0.1, 0.15) is 6.04 Å². The molecule has 4 rings (SSSR count). The van der Waals surface area contributed by atoms with Crippen LogP contribution >= 0.6 is 15.9 Å². The molecule has 28 heavy (non-hydrogen) atoms. The molecule has 7 nitrogen and oxygen atoms in total. The van der Waals surface area contributed by atoms with Crippen LogP contribution in [-0.4, -0.2) is 58.0 Å². The summed E-state index contributed by atoms with van der Waals surface area (Å²) in [6, 6.07) is 12.2. The van der Waals surface area contributed by atoms with Crippen molar-refractivity contribution in [2.24, 2.45) is 5.73 Å². The van der Waals surface area contributed by atoms with E-state index < -0.39 is 6.04 Å². The van der Waals surface area contributed by atoms with Gasteiger partial charge in [-0.25, -0.2) is 0 Å². The Hall–Kier alpha value is -2.71. The molecule has 0 spiro atoms. The minimum Gasteiger partial charge on any atom is -0.337 e. The number of hydrogen-bond donors (Lipinski definition) is 2. The first-order chi connectivity index (χ1) is 13.5. The van der Waals surface area contributed by atoms with Crippen LogP contribution in [0.15, 0.2) is 53.1 Å². The van der Waals surface area contributed by atoms with Crippen LogP contribution in [0.5, 0.6) is 0 Å². The van der Waals surface area contributed by atoms with Crippen molar-refractivity contribution >= 4 is 38.6 Å². The summed E-state index contributed by atoms with van der Waals surface area (Å²) in [6.07, 6.45) is 1.70. The van der Waals surface area contributed by atoms with Gasteiger partial charge in [-0.15, -0.1) is 0 Å². The Morgan fingerprint density at radius 3 is 2.43 bits per heavy atom. The zero-order valence-electron chi connectivity index (χ0n) is 15.1. The Kier molecular flexibility index (Phi) is 5.15. The van der Waals surface area contributed by atoms with Crippen LogP contribution in [0, 0.1) is 0 Å². The largest absolute Gasteiger partial charge is 0.337 e. The summed E-state index contributed by atoms with van der Waals surface area (Å²) in [4.78, 5) is 29.0. The number of H-pyrrole nitrogens is 1. The third-order valence-electron chi connectivity index (χ3n) is 5.06. The Morgan fingerprint density at radius 1 is 1.04 bits per heavy atom. The molecule has 2 heterocycles. The highest BCUT2D eigenvalue weighted by Crippen LogP contribution is 2.19. The average molecular weight is 442 g/mol. The molecule has 1 unspecified atom stereocenters. The van der Waals surface area contributed by atoms with Crippen LogP contribution < -0.4 is 5.73 Å². The van der Waals surface area contributed by atoms with E-state index in [9.17, 15) is 9.59 Å². The number of aromatic amines is 1. The van der Waals surface area contributed by atoms with Crippen molar-refractivity contribution in [3.63, 3.8) is 0 Å². The number of hydrogen-bond acceptors (Lipinski definition) is 4. The van der Waals surface area contributed by atoms with Gasteiger partial charge in [-0.3, -0.25) is 14.7 Å². The molecule has 0 saturated carbocycles. The number of piperazine rings is 1. The fourth-order valence-electron chi connectivity index (χ4n) is 3.40. The van der Waals surface area contributed by atoms with Crippen LogP contribution in [0.25, 0.3) is 10.9 Å². The molecule has 1 aromatic heterocycles. The summed E-state index contributed by atoms with van der Waals surface area (Å²) in [6.45, 7) is 1.92. The fraction of sp³-hybridized carbons (Fsp3) is 0.250. The molecule has 2 aromatic carbocycles. The molecule has 1 saturated heterocycles. The number of carbonyl (C=O) groups excluding carboxylic acids is 2. The van der Waals surface area contributed by atoms with E-state index in [0.717, 1.165) is 20.9 Å². The molecular weight excluding hydrogens is 422 g/mol. The van der Waals surface area contributed by atoms with Gasteiger partial charge in [-0.1, -0.05) is 28.1 Å². The molecule has 3 aromatic rings. The van der Waals surface area contributed by atoms with Gasteiger partial charge >= 0.3 is 0 Å². The van der Waals surface area contributed by atoms with Gasteiger partial charge in [0.05, 0.1) is 11.7 Å². The third-order valence-corrected chi connectivity index (χ3v) is 5.59. The minimum absolute atomic E-state index is 0.0348. The Labute approximate surface area is 170 Å². The van der Waals surface area contributed by atoms with Crippen molar-refractivity contribution in [3.8, 4) is 0 Å². The first-order valence-electron chi connectivity index (χ1n) is 9.05. The lowest BCUT2D eigenvalue weighted by Crippen LogP contribution is -2.52. The summed E-state index contributed by atoms with van der Waals surface area (Å²) in [5.74, 6) is -0.151. The molecule has 1 aliphatic heterocycles. The number of nitrogens with two attached hydrogens (primary N) is 1. The van der Waals surface area contributed by atoms with E-state index in [4.69, 9.17) is 5.73 Å². The van der Waals surface area contributed by atoms with Gasteiger partial charge in [0, 0.05) is 41.6 Å². The van der Waals surface area contributed by atoms with Gasteiger partial charge in [-0.05, 0) is 35.9 Å². The van der Waals surface area contributed by atoms with Crippen LogP contribution in [0.3, 0.4) is 0 Å². The van der Waals surface area contributed by atoms with E-state index in [-0.39, 0.29) is 11.8 Å². The molecule has 0 radical (unpaired) electrons. The van der Waals surface area contributed by atoms with Crippen molar-refractivity contribution in [2.75, 3.05) is 26.2 Å². The highest BCUT2D eigenvalue weighted by atomic mass is 79.9. The molecule has 1 fully saturated rings. The molecule has 1 atom stereocenters. The molecular formula is C20H20BrN5O2. The Morgan fingerprint density at radius 2 is 1.71 bits per heavy atom. The second kappa shape index (κ2) is 7.73. The van der Waals surface area contributed by atoms with Crippen LogP contribution in [0.4, 0.5) is 0 Å². The summed E-state index contributed by atoms with van der Waals surface area (Å²) in [5, 5.41) is 7.76. The average Bonchev–Trinajstić information content (AvgIpc) is 3.21. The molecule has 3 N–H and O–H groups in total.